The minimum absolute atomic E-state index is 0.251. The Morgan fingerprint density at radius 2 is 2.10 bits per heavy atom. The Balaban J connectivity index is 1.89. The number of nitrogens with zero attached hydrogens (tertiary/aromatic N) is 1. The first-order chi connectivity index (χ1) is 9.74. The summed E-state index contributed by atoms with van der Waals surface area (Å²) in [4.78, 5) is 15.4. The molecule has 1 aromatic carbocycles. The molecule has 6 heteroatoms. The highest BCUT2D eigenvalue weighted by Crippen LogP contribution is 2.27. The molecule has 2 rings (SSSR count). The van der Waals surface area contributed by atoms with Crippen LogP contribution < -0.4 is 14.8 Å². The number of carbonyl (C=O) groups excluding carboxylic acids is 1. The molecule has 0 saturated carbocycles. The van der Waals surface area contributed by atoms with Crippen LogP contribution in [0.3, 0.4) is 0 Å². The second-order valence-corrected chi connectivity index (χ2v) is 4.07. The number of benzene rings is 1. The Kier molecular flexibility index (Phi) is 4.60. The van der Waals surface area contributed by atoms with Crippen LogP contribution >= 0.6 is 0 Å². The molecule has 0 bridgehead atoms. The third kappa shape index (κ3) is 3.28. The Hall–Kier alpha value is -2.50. The number of rotatable bonds is 6. The van der Waals surface area contributed by atoms with Gasteiger partial charge in [0.15, 0.2) is 23.6 Å². The lowest BCUT2D eigenvalue weighted by atomic mass is 10.1. The standard InChI is InChI=1S/C14H16N2O4/c1-18-12-4-3-10(7-13(12)19-2)5-6-15-14(17)11-8-20-9-16-11/h3-4,7-9H,5-6H2,1-2H3,(H,15,17). The van der Waals surface area contributed by atoms with Gasteiger partial charge in [-0.15, -0.1) is 0 Å². The Bertz CT molecular complexity index is 567. The van der Waals surface area contributed by atoms with E-state index in [-0.39, 0.29) is 11.6 Å². The summed E-state index contributed by atoms with van der Waals surface area (Å²) in [5.41, 5.74) is 1.32. The number of hydrogen-bond acceptors (Lipinski definition) is 5. The first-order valence-corrected chi connectivity index (χ1v) is 6.12. The molecule has 0 fully saturated rings. The highest BCUT2D eigenvalue weighted by molar-refractivity contribution is 5.91. The number of nitrogens with one attached hydrogen (secondary N) is 1. The molecular weight excluding hydrogens is 260 g/mol. The van der Waals surface area contributed by atoms with E-state index in [1.54, 1.807) is 14.2 Å². The molecular formula is C14H16N2O4. The van der Waals surface area contributed by atoms with Crippen molar-refractivity contribution in [3.05, 3.63) is 42.1 Å². The molecule has 0 radical (unpaired) electrons. The van der Waals surface area contributed by atoms with Gasteiger partial charge in [0.2, 0.25) is 0 Å². The number of carbonyl (C=O) groups is 1. The van der Waals surface area contributed by atoms with E-state index in [9.17, 15) is 4.79 Å². The summed E-state index contributed by atoms with van der Waals surface area (Å²) < 4.78 is 15.2. The molecule has 0 spiro atoms. The summed E-state index contributed by atoms with van der Waals surface area (Å²) in [5.74, 6) is 1.11. The van der Waals surface area contributed by atoms with Gasteiger partial charge in [0.1, 0.15) is 6.26 Å². The van der Waals surface area contributed by atoms with Gasteiger partial charge in [-0.2, -0.15) is 0 Å². The average Bonchev–Trinajstić information content (AvgIpc) is 3.01. The lowest BCUT2D eigenvalue weighted by Crippen LogP contribution is -2.25. The normalized spacial score (nSPS) is 10.1. The maximum atomic E-state index is 11.6. The zero-order chi connectivity index (χ0) is 14.4. The molecule has 0 aliphatic heterocycles. The van der Waals surface area contributed by atoms with Crippen LogP contribution in [0.25, 0.3) is 0 Å². The van der Waals surface area contributed by atoms with Gasteiger partial charge in [-0.25, -0.2) is 4.98 Å². The minimum Gasteiger partial charge on any atom is -0.493 e. The molecule has 1 N–H and O–H groups in total. The molecule has 1 amide bonds. The fraction of sp³-hybridized carbons (Fsp3) is 0.286. The van der Waals surface area contributed by atoms with Crippen molar-refractivity contribution in [1.82, 2.24) is 10.3 Å². The maximum absolute atomic E-state index is 11.6. The van der Waals surface area contributed by atoms with Gasteiger partial charge in [0, 0.05) is 6.54 Å². The topological polar surface area (TPSA) is 73.6 Å². The van der Waals surface area contributed by atoms with Crippen LogP contribution in [0.15, 0.2) is 35.3 Å². The van der Waals surface area contributed by atoms with E-state index in [1.807, 2.05) is 18.2 Å². The van der Waals surface area contributed by atoms with E-state index in [1.165, 1.54) is 12.7 Å². The highest BCUT2D eigenvalue weighted by atomic mass is 16.5. The smallest absolute Gasteiger partial charge is 0.273 e. The van der Waals surface area contributed by atoms with Crippen LogP contribution in [-0.2, 0) is 6.42 Å². The summed E-state index contributed by atoms with van der Waals surface area (Å²) in [6.45, 7) is 0.501. The van der Waals surface area contributed by atoms with Gasteiger partial charge in [-0.3, -0.25) is 4.79 Å². The second-order valence-electron chi connectivity index (χ2n) is 4.07. The van der Waals surface area contributed by atoms with E-state index >= 15 is 0 Å². The third-order valence-corrected chi connectivity index (χ3v) is 2.81. The van der Waals surface area contributed by atoms with Gasteiger partial charge in [0.25, 0.3) is 5.91 Å². The Morgan fingerprint density at radius 3 is 2.75 bits per heavy atom. The average molecular weight is 276 g/mol. The van der Waals surface area contributed by atoms with Crippen LogP contribution in [0.2, 0.25) is 0 Å². The summed E-state index contributed by atoms with van der Waals surface area (Å²) in [5, 5.41) is 2.77. The first-order valence-electron chi connectivity index (χ1n) is 6.12. The van der Waals surface area contributed by atoms with Crippen molar-refractivity contribution in [2.45, 2.75) is 6.42 Å². The van der Waals surface area contributed by atoms with Gasteiger partial charge in [-0.05, 0) is 24.1 Å². The van der Waals surface area contributed by atoms with Crippen molar-refractivity contribution < 1.29 is 18.7 Å². The van der Waals surface area contributed by atoms with E-state index < -0.39 is 0 Å². The number of methoxy groups -OCH3 is 2. The number of oxazole rings is 1. The molecule has 0 unspecified atom stereocenters. The summed E-state index contributed by atoms with van der Waals surface area (Å²) >= 11 is 0. The first kappa shape index (κ1) is 13.9. The molecule has 1 aromatic heterocycles. The van der Waals surface area contributed by atoms with Crippen LogP contribution in [0.5, 0.6) is 11.5 Å². The molecule has 2 aromatic rings. The zero-order valence-corrected chi connectivity index (χ0v) is 11.4. The van der Waals surface area contributed by atoms with E-state index in [0.717, 1.165) is 5.56 Å². The van der Waals surface area contributed by atoms with Gasteiger partial charge < -0.3 is 19.2 Å². The minimum atomic E-state index is -0.251. The SMILES string of the molecule is COc1ccc(CCNC(=O)c2cocn2)cc1OC. The highest BCUT2D eigenvalue weighted by Gasteiger charge is 2.08. The molecule has 1 heterocycles. The molecule has 20 heavy (non-hydrogen) atoms. The quantitative estimate of drug-likeness (QED) is 0.868. The van der Waals surface area contributed by atoms with Gasteiger partial charge in [0.05, 0.1) is 14.2 Å². The second kappa shape index (κ2) is 6.60. The predicted molar refractivity (Wildman–Crippen MR) is 72.1 cm³/mol. The van der Waals surface area contributed by atoms with Crippen molar-refractivity contribution in [3.8, 4) is 11.5 Å². The van der Waals surface area contributed by atoms with Crippen molar-refractivity contribution in [2.75, 3.05) is 20.8 Å². The molecule has 106 valence electrons. The molecule has 0 aliphatic rings. The van der Waals surface area contributed by atoms with Crippen LogP contribution in [0.1, 0.15) is 16.1 Å². The number of amides is 1. The zero-order valence-electron chi connectivity index (χ0n) is 11.4. The number of aromatic nitrogens is 1. The monoisotopic (exact) mass is 276 g/mol. The number of ether oxygens (including phenoxy) is 2. The fourth-order valence-electron chi connectivity index (χ4n) is 1.77. The van der Waals surface area contributed by atoms with E-state index in [0.29, 0.717) is 24.5 Å². The van der Waals surface area contributed by atoms with Gasteiger partial charge >= 0.3 is 0 Å². The Labute approximate surface area is 116 Å². The van der Waals surface area contributed by atoms with E-state index in [4.69, 9.17) is 13.9 Å². The van der Waals surface area contributed by atoms with Crippen molar-refractivity contribution in [3.63, 3.8) is 0 Å². The molecule has 6 nitrogen and oxygen atoms in total. The fourth-order valence-corrected chi connectivity index (χ4v) is 1.77. The van der Waals surface area contributed by atoms with Crippen molar-refractivity contribution in [2.24, 2.45) is 0 Å². The summed E-state index contributed by atoms with van der Waals surface area (Å²) in [6, 6.07) is 5.66. The summed E-state index contributed by atoms with van der Waals surface area (Å²) in [7, 11) is 3.18. The van der Waals surface area contributed by atoms with Crippen LogP contribution in [-0.4, -0.2) is 31.7 Å². The Morgan fingerprint density at radius 1 is 1.30 bits per heavy atom. The number of hydrogen-bond donors (Lipinski definition) is 1. The third-order valence-electron chi connectivity index (χ3n) is 2.81. The maximum Gasteiger partial charge on any atom is 0.273 e. The largest absolute Gasteiger partial charge is 0.493 e. The molecule has 0 saturated heterocycles. The van der Waals surface area contributed by atoms with Crippen LogP contribution in [0, 0.1) is 0 Å². The van der Waals surface area contributed by atoms with Gasteiger partial charge in [-0.1, -0.05) is 6.07 Å². The molecule has 0 aliphatic carbocycles. The van der Waals surface area contributed by atoms with Crippen LogP contribution in [0.4, 0.5) is 0 Å². The lowest BCUT2D eigenvalue weighted by Gasteiger charge is -2.09. The van der Waals surface area contributed by atoms with Crippen molar-refractivity contribution in [1.29, 1.82) is 0 Å². The molecule has 0 atom stereocenters. The van der Waals surface area contributed by atoms with Crippen molar-refractivity contribution >= 4 is 5.91 Å². The summed E-state index contributed by atoms with van der Waals surface area (Å²) in [6.07, 6.45) is 3.22. The lowest BCUT2D eigenvalue weighted by molar-refractivity contribution is 0.0949. The predicted octanol–water partition coefficient (Wildman–Crippen LogP) is 1.66. The van der Waals surface area contributed by atoms with E-state index in [2.05, 4.69) is 10.3 Å².